The van der Waals surface area contributed by atoms with Crippen LogP contribution in [-0.2, 0) is 4.74 Å². The van der Waals surface area contributed by atoms with E-state index < -0.39 is 5.97 Å². The summed E-state index contributed by atoms with van der Waals surface area (Å²) in [5.74, 6) is 0.261. The van der Waals surface area contributed by atoms with Crippen molar-refractivity contribution in [1.29, 1.82) is 0 Å². The lowest BCUT2D eigenvalue weighted by Gasteiger charge is -2.34. The first-order valence-corrected chi connectivity index (χ1v) is 10.3. The molecule has 1 amide bonds. The third kappa shape index (κ3) is 5.08. The van der Waals surface area contributed by atoms with Gasteiger partial charge in [0.15, 0.2) is 11.5 Å². The summed E-state index contributed by atoms with van der Waals surface area (Å²) in [5, 5.41) is 2.97. The molecular weight excluding hydrogens is 398 g/mol. The molecule has 8 heteroatoms. The van der Waals surface area contributed by atoms with Gasteiger partial charge in [-0.25, -0.2) is 4.79 Å². The molecule has 3 rings (SSSR count). The number of nitrogens with zero attached hydrogens (tertiary/aromatic N) is 1. The van der Waals surface area contributed by atoms with E-state index in [2.05, 4.69) is 17.1 Å². The number of hydrogen-bond donors (Lipinski definition) is 2. The first kappa shape index (κ1) is 22.4. The zero-order valence-electron chi connectivity index (χ0n) is 18.5. The van der Waals surface area contributed by atoms with Gasteiger partial charge in [-0.3, -0.25) is 4.79 Å². The van der Waals surface area contributed by atoms with Crippen molar-refractivity contribution in [2.75, 3.05) is 64.3 Å². The topological polar surface area (TPSA) is 81.5 Å². The number of amides is 1. The van der Waals surface area contributed by atoms with Gasteiger partial charge in [0.2, 0.25) is 0 Å². The Kier molecular flexibility index (Phi) is 7.36. The van der Waals surface area contributed by atoms with Crippen molar-refractivity contribution in [1.82, 2.24) is 0 Å². The van der Waals surface area contributed by atoms with Crippen molar-refractivity contribution in [2.24, 2.45) is 0 Å². The molecule has 0 unspecified atom stereocenters. The molecule has 1 saturated heterocycles. The van der Waals surface area contributed by atoms with Gasteiger partial charge < -0.3 is 29.3 Å². The van der Waals surface area contributed by atoms with Gasteiger partial charge in [0, 0.05) is 5.56 Å². The van der Waals surface area contributed by atoms with Crippen LogP contribution in [0.15, 0.2) is 36.4 Å². The Balaban J connectivity index is 1.90. The highest BCUT2D eigenvalue weighted by Crippen LogP contribution is 2.30. The van der Waals surface area contributed by atoms with Crippen LogP contribution in [0.2, 0.25) is 0 Å². The molecule has 31 heavy (non-hydrogen) atoms. The number of nitrogens with one attached hydrogen (secondary N) is 2. The van der Waals surface area contributed by atoms with Gasteiger partial charge in [-0.05, 0) is 43.3 Å². The molecule has 8 nitrogen and oxygen atoms in total. The Morgan fingerprint density at radius 3 is 2.26 bits per heavy atom. The first-order chi connectivity index (χ1) is 15.0. The Labute approximate surface area is 182 Å². The summed E-state index contributed by atoms with van der Waals surface area (Å²) >= 11 is 0. The maximum atomic E-state index is 13.0. The van der Waals surface area contributed by atoms with E-state index >= 15 is 0 Å². The second-order valence-electron chi connectivity index (χ2n) is 7.34. The number of carbonyl (C=O) groups excluding carboxylic acids is 2. The van der Waals surface area contributed by atoms with Gasteiger partial charge >= 0.3 is 5.97 Å². The number of methoxy groups -OCH3 is 3. The fraction of sp³-hybridized carbons (Fsp3) is 0.391. The van der Waals surface area contributed by atoms with Crippen molar-refractivity contribution < 1.29 is 28.7 Å². The summed E-state index contributed by atoms with van der Waals surface area (Å²) in [5.41, 5.74) is 2.26. The summed E-state index contributed by atoms with van der Waals surface area (Å²) < 4.78 is 15.4. The third-order valence-electron chi connectivity index (χ3n) is 5.62. The van der Waals surface area contributed by atoms with Crippen LogP contribution in [0.25, 0.3) is 0 Å². The molecule has 0 aliphatic carbocycles. The van der Waals surface area contributed by atoms with Crippen LogP contribution in [0.1, 0.15) is 27.6 Å². The number of quaternary nitrogens is 1. The normalized spacial score (nSPS) is 14.1. The van der Waals surface area contributed by atoms with Gasteiger partial charge in [-0.15, -0.1) is 0 Å². The predicted octanol–water partition coefficient (Wildman–Crippen LogP) is 1.47. The summed E-state index contributed by atoms with van der Waals surface area (Å²) in [6.45, 7) is 7.08. The van der Waals surface area contributed by atoms with E-state index in [1.807, 2.05) is 6.07 Å². The predicted molar refractivity (Wildman–Crippen MR) is 119 cm³/mol. The molecule has 0 spiro atoms. The lowest BCUT2D eigenvalue weighted by molar-refractivity contribution is -0.898. The molecule has 0 aromatic heterocycles. The average molecular weight is 429 g/mol. The number of rotatable bonds is 7. The van der Waals surface area contributed by atoms with E-state index in [0.29, 0.717) is 28.3 Å². The number of piperazine rings is 1. The van der Waals surface area contributed by atoms with Crippen LogP contribution in [0.3, 0.4) is 0 Å². The lowest BCUT2D eigenvalue weighted by Crippen LogP contribution is -3.14. The summed E-state index contributed by atoms with van der Waals surface area (Å²) in [6.07, 6.45) is 0. The highest BCUT2D eigenvalue weighted by Gasteiger charge is 2.23. The SMILES string of the molecule is CC[NH+]1CCN(c2ccc(C(=O)OC)cc2NC(=O)c2ccc(OC)c(OC)c2)CC1. The monoisotopic (exact) mass is 428 g/mol. The van der Waals surface area contributed by atoms with E-state index in [4.69, 9.17) is 14.2 Å². The van der Waals surface area contributed by atoms with Crippen LogP contribution in [-0.4, -0.2) is 65.9 Å². The number of anilines is 2. The standard InChI is InChI=1S/C23H29N3O5/c1-5-25-10-12-26(13-11-25)19-8-6-17(23(28)31-4)14-18(19)24-22(27)16-7-9-20(29-2)21(15-16)30-3/h6-9,14-15H,5,10-13H2,1-4H3,(H,24,27)/p+1. The fourth-order valence-corrected chi connectivity index (χ4v) is 3.75. The first-order valence-electron chi connectivity index (χ1n) is 10.3. The number of hydrogen-bond acceptors (Lipinski definition) is 6. The van der Waals surface area contributed by atoms with Crippen LogP contribution >= 0.6 is 0 Å². The van der Waals surface area contributed by atoms with Crippen molar-refractivity contribution in [2.45, 2.75) is 6.92 Å². The van der Waals surface area contributed by atoms with Crippen molar-refractivity contribution in [3.63, 3.8) is 0 Å². The molecule has 0 bridgehead atoms. The number of esters is 1. The minimum absolute atomic E-state index is 0.304. The fourth-order valence-electron chi connectivity index (χ4n) is 3.75. The number of carbonyl (C=O) groups is 2. The molecule has 1 aliphatic rings. The van der Waals surface area contributed by atoms with Crippen molar-refractivity contribution in [3.8, 4) is 11.5 Å². The second-order valence-corrected chi connectivity index (χ2v) is 7.34. The lowest BCUT2D eigenvalue weighted by atomic mass is 10.1. The molecule has 2 aromatic carbocycles. The maximum absolute atomic E-state index is 13.0. The molecule has 2 aromatic rings. The molecule has 1 heterocycles. The number of benzene rings is 2. The maximum Gasteiger partial charge on any atom is 0.337 e. The molecular formula is C23H30N3O5+. The number of likely N-dealkylation sites (N-methyl/N-ethyl adjacent to an activating group) is 1. The second kappa shape index (κ2) is 10.2. The van der Waals surface area contributed by atoms with Gasteiger partial charge in [0.25, 0.3) is 5.91 Å². The highest BCUT2D eigenvalue weighted by molar-refractivity contribution is 6.07. The molecule has 0 radical (unpaired) electrons. The largest absolute Gasteiger partial charge is 0.493 e. The molecule has 1 fully saturated rings. The smallest absolute Gasteiger partial charge is 0.337 e. The van der Waals surface area contributed by atoms with Crippen LogP contribution in [0.4, 0.5) is 11.4 Å². The summed E-state index contributed by atoms with van der Waals surface area (Å²) in [4.78, 5) is 28.9. The van der Waals surface area contributed by atoms with Gasteiger partial charge in [-0.2, -0.15) is 0 Å². The van der Waals surface area contributed by atoms with Gasteiger partial charge in [0.05, 0.1) is 71.0 Å². The minimum Gasteiger partial charge on any atom is -0.493 e. The van der Waals surface area contributed by atoms with Crippen molar-refractivity contribution in [3.05, 3.63) is 47.5 Å². The van der Waals surface area contributed by atoms with Crippen molar-refractivity contribution >= 4 is 23.3 Å². The Morgan fingerprint density at radius 2 is 1.65 bits per heavy atom. The average Bonchev–Trinajstić information content (AvgIpc) is 2.83. The minimum atomic E-state index is -0.451. The van der Waals surface area contributed by atoms with Crippen LogP contribution in [0, 0.1) is 0 Å². The number of ether oxygens (including phenoxy) is 3. The Morgan fingerprint density at radius 1 is 0.968 bits per heavy atom. The quantitative estimate of drug-likeness (QED) is 0.650. The van der Waals surface area contributed by atoms with Crippen LogP contribution in [0.5, 0.6) is 11.5 Å². The van der Waals surface area contributed by atoms with E-state index in [1.165, 1.54) is 14.2 Å². The molecule has 0 saturated carbocycles. The van der Waals surface area contributed by atoms with Crippen LogP contribution < -0.4 is 24.6 Å². The highest BCUT2D eigenvalue weighted by atomic mass is 16.5. The van der Waals surface area contributed by atoms with E-state index in [1.54, 1.807) is 42.3 Å². The van der Waals surface area contributed by atoms with E-state index in [0.717, 1.165) is 38.4 Å². The van der Waals surface area contributed by atoms with E-state index in [9.17, 15) is 9.59 Å². The third-order valence-corrected chi connectivity index (χ3v) is 5.62. The van der Waals surface area contributed by atoms with Gasteiger partial charge in [0.1, 0.15) is 0 Å². The summed E-state index contributed by atoms with van der Waals surface area (Å²) in [6, 6.07) is 10.2. The molecule has 166 valence electrons. The summed E-state index contributed by atoms with van der Waals surface area (Å²) in [7, 11) is 4.41. The zero-order valence-corrected chi connectivity index (χ0v) is 18.5. The molecule has 1 aliphatic heterocycles. The van der Waals surface area contributed by atoms with E-state index in [-0.39, 0.29) is 5.91 Å². The Bertz CT molecular complexity index is 939. The molecule has 2 N–H and O–H groups in total. The zero-order chi connectivity index (χ0) is 22.4. The Hall–Kier alpha value is -3.26. The molecule has 0 atom stereocenters. The van der Waals surface area contributed by atoms with Gasteiger partial charge in [-0.1, -0.05) is 0 Å².